The van der Waals surface area contributed by atoms with Gasteiger partial charge in [-0.25, -0.2) is 9.18 Å². The van der Waals surface area contributed by atoms with E-state index in [-0.39, 0.29) is 17.8 Å². The minimum absolute atomic E-state index is 0.121. The van der Waals surface area contributed by atoms with Gasteiger partial charge in [0, 0.05) is 25.0 Å². The van der Waals surface area contributed by atoms with Crippen LogP contribution in [0.4, 0.5) is 9.18 Å². The summed E-state index contributed by atoms with van der Waals surface area (Å²) in [5.41, 5.74) is 0.707. The molecule has 0 spiro atoms. The average Bonchev–Trinajstić information content (AvgIpc) is 3.09. The molecule has 0 saturated heterocycles. The van der Waals surface area contributed by atoms with E-state index in [4.69, 9.17) is 4.74 Å². The van der Waals surface area contributed by atoms with Crippen LogP contribution in [0.2, 0.25) is 0 Å². The van der Waals surface area contributed by atoms with E-state index < -0.39 is 5.82 Å². The number of rotatable bonds is 7. The number of hydrogen-bond acceptors (Lipinski definition) is 4. The fourth-order valence-corrected chi connectivity index (χ4v) is 3.41. The van der Waals surface area contributed by atoms with Crippen molar-refractivity contribution in [2.24, 2.45) is 0 Å². The van der Waals surface area contributed by atoms with Crippen molar-refractivity contribution in [1.29, 1.82) is 0 Å². The van der Waals surface area contributed by atoms with Crippen LogP contribution in [-0.4, -0.2) is 50.6 Å². The summed E-state index contributed by atoms with van der Waals surface area (Å²) in [5.74, 6) is -0.236. The van der Waals surface area contributed by atoms with Crippen LogP contribution in [-0.2, 0) is 6.54 Å². The van der Waals surface area contributed by atoms with Crippen molar-refractivity contribution in [3.05, 3.63) is 52.0 Å². The number of amides is 2. The molecule has 1 atom stereocenters. The molecule has 2 aromatic rings. The number of likely N-dealkylation sites (N-methyl/N-ethyl adjacent to an activating group) is 1. The molecule has 1 heterocycles. The zero-order valence-corrected chi connectivity index (χ0v) is 15.8. The Morgan fingerprint density at radius 1 is 1.32 bits per heavy atom. The summed E-state index contributed by atoms with van der Waals surface area (Å²) in [6.45, 7) is 0.825. The molecular weight excluding hydrogens is 341 g/mol. The van der Waals surface area contributed by atoms with Crippen LogP contribution in [0.15, 0.2) is 35.7 Å². The van der Waals surface area contributed by atoms with Crippen molar-refractivity contribution in [2.45, 2.75) is 12.6 Å². The van der Waals surface area contributed by atoms with E-state index in [9.17, 15) is 9.18 Å². The van der Waals surface area contributed by atoms with Crippen molar-refractivity contribution in [3.63, 3.8) is 0 Å². The van der Waals surface area contributed by atoms with E-state index in [1.807, 2.05) is 25.5 Å². The molecule has 5 nitrogen and oxygen atoms in total. The maximum Gasteiger partial charge on any atom is 0.317 e. The number of nitrogens with one attached hydrogen (secondary N) is 1. The van der Waals surface area contributed by atoms with E-state index >= 15 is 0 Å². The van der Waals surface area contributed by atoms with Gasteiger partial charge in [0.05, 0.1) is 13.2 Å². The summed E-state index contributed by atoms with van der Waals surface area (Å²) in [6, 6.07) is 8.69. The number of carbonyl (C=O) groups is 1. The Morgan fingerprint density at radius 2 is 2.08 bits per heavy atom. The minimum Gasteiger partial charge on any atom is -0.494 e. The SMILES string of the molecule is COc1ccc(CN(C)C(=O)NCC(c2cccs2)N(C)C)cc1F. The van der Waals surface area contributed by atoms with Gasteiger partial charge in [-0.2, -0.15) is 0 Å². The Kier molecular flexibility index (Phi) is 6.78. The highest BCUT2D eigenvalue weighted by molar-refractivity contribution is 7.10. The van der Waals surface area contributed by atoms with E-state index in [0.717, 1.165) is 0 Å². The van der Waals surface area contributed by atoms with Crippen LogP contribution >= 0.6 is 11.3 Å². The topological polar surface area (TPSA) is 44.8 Å². The second-order valence-electron chi connectivity index (χ2n) is 6.01. The van der Waals surface area contributed by atoms with Gasteiger partial charge in [0.1, 0.15) is 0 Å². The van der Waals surface area contributed by atoms with Crippen molar-refractivity contribution < 1.29 is 13.9 Å². The van der Waals surface area contributed by atoms with Gasteiger partial charge in [-0.05, 0) is 43.2 Å². The predicted molar refractivity (Wildman–Crippen MR) is 98.6 cm³/mol. The van der Waals surface area contributed by atoms with E-state index in [1.54, 1.807) is 30.5 Å². The molecule has 0 saturated carbocycles. The van der Waals surface area contributed by atoms with Crippen LogP contribution < -0.4 is 10.1 Å². The largest absolute Gasteiger partial charge is 0.494 e. The van der Waals surface area contributed by atoms with Crippen molar-refractivity contribution in [3.8, 4) is 5.75 Å². The highest BCUT2D eigenvalue weighted by atomic mass is 32.1. The number of nitrogens with zero attached hydrogens (tertiary/aromatic N) is 2. The molecule has 1 aromatic carbocycles. The number of benzene rings is 1. The molecule has 7 heteroatoms. The highest BCUT2D eigenvalue weighted by Gasteiger charge is 2.18. The summed E-state index contributed by atoms with van der Waals surface area (Å²) in [7, 11) is 7.08. The van der Waals surface area contributed by atoms with Crippen LogP contribution in [0.25, 0.3) is 0 Å². The number of hydrogen-bond donors (Lipinski definition) is 1. The molecular formula is C18H24FN3O2S. The van der Waals surface area contributed by atoms with E-state index in [2.05, 4.69) is 16.3 Å². The molecule has 1 aromatic heterocycles. The third kappa shape index (κ3) is 5.17. The molecule has 0 aliphatic heterocycles. The smallest absolute Gasteiger partial charge is 0.317 e. The normalized spacial score (nSPS) is 12.1. The Bertz CT molecular complexity index is 692. The van der Waals surface area contributed by atoms with E-state index in [0.29, 0.717) is 18.7 Å². The summed E-state index contributed by atoms with van der Waals surface area (Å²) >= 11 is 1.67. The summed E-state index contributed by atoms with van der Waals surface area (Å²) in [5, 5.41) is 4.97. The van der Waals surface area contributed by atoms with Gasteiger partial charge in [-0.1, -0.05) is 12.1 Å². The van der Waals surface area contributed by atoms with Crippen LogP contribution in [0, 0.1) is 5.82 Å². The second-order valence-corrected chi connectivity index (χ2v) is 6.99. The lowest BCUT2D eigenvalue weighted by molar-refractivity contribution is 0.201. The lowest BCUT2D eigenvalue weighted by atomic mass is 10.2. The Labute approximate surface area is 152 Å². The molecule has 1 unspecified atom stereocenters. The van der Waals surface area contributed by atoms with Gasteiger partial charge in [0.2, 0.25) is 0 Å². The first kappa shape index (κ1) is 19.2. The van der Waals surface area contributed by atoms with Crippen LogP contribution in [0.1, 0.15) is 16.5 Å². The number of urea groups is 1. The molecule has 0 fully saturated rings. The molecule has 25 heavy (non-hydrogen) atoms. The van der Waals surface area contributed by atoms with Gasteiger partial charge in [-0.15, -0.1) is 11.3 Å². The molecule has 0 aliphatic rings. The third-order valence-electron chi connectivity index (χ3n) is 3.92. The molecule has 1 N–H and O–H groups in total. The minimum atomic E-state index is -0.431. The summed E-state index contributed by atoms with van der Waals surface area (Å²) in [4.78, 5) is 17.1. The first-order chi connectivity index (χ1) is 11.9. The van der Waals surface area contributed by atoms with Crippen molar-refractivity contribution in [1.82, 2.24) is 15.1 Å². The summed E-state index contributed by atoms with van der Waals surface area (Å²) < 4.78 is 18.7. The quantitative estimate of drug-likeness (QED) is 0.818. The highest BCUT2D eigenvalue weighted by Crippen LogP contribution is 2.22. The van der Waals surface area contributed by atoms with Crippen molar-refractivity contribution >= 4 is 17.4 Å². The monoisotopic (exact) mass is 365 g/mol. The average molecular weight is 365 g/mol. The second kappa shape index (κ2) is 8.82. The Hall–Kier alpha value is -2.12. The van der Waals surface area contributed by atoms with Crippen molar-refractivity contribution in [2.75, 3.05) is 34.8 Å². The molecule has 2 rings (SSSR count). The Balaban J connectivity index is 1.92. The van der Waals surface area contributed by atoms with Gasteiger partial charge in [-0.3, -0.25) is 0 Å². The molecule has 0 radical (unpaired) electrons. The molecule has 136 valence electrons. The number of methoxy groups -OCH3 is 1. The fraction of sp³-hybridized carbons (Fsp3) is 0.389. The zero-order chi connectivity index (χ0) is 18.4. The third-order valence-corrected chi connectivity index (χ3v) is 4.90. The number of halogens is 1. The van der Waals surface area contributed by atoms with Crippen LogP contribution in [0.5, 0.6) is 5.75 Å². The number of ether oxygens (including phenoxy) is 1. The van der Waals surface area contributed by atoms with E-state index in [1.165, 1.54) is 23.0 Å². The van der Waals surface area contributed by atoms with Crippen LogP contribution in [0.3, 0.4) is 0 Å². The van der Waals surface area contributed by atoms with Gasteiger partial charge in [0.15, 0.2) is 11.6 Å². The Morgan fingerprint density at radius 3 is 2.64 bits per heavy atom. The fourth-order valence-electron chi connectivity index (χ4n) is 2.49. The van der Waals surface area contributed by atoms with Gasteiger partial charge < -0.3 is 19.9 Å². The number of thiophene rings is 1. The molecule has 0 bridgehead atoms. The molecule has 0 aliphatic carbocycles. The summed E-state index contributed by atoms with van der Waals surface area (Å²) in [6.07, 6.45) is 0. The zero-order valence-electron chi connectivity index (χ0n) is 15.0. The lowest BCUT2D eigenvalue weighted by Crippen LogP contribution is -2.41. The van der Waals surface area contributed by atoms with Gasteiger partial charge >= 0.3 is 6.03 Å². The first-order valence-electron chi connectivity index (χ1n) is 7.93. The maximum atomic E-state index is 13.8. The molecule has 2 amide bonds. The first-order valence-corrected chi connectivity index (χ1v) is 8.81. The number of carbonyl (C=O) groups excluding carboxylic acids is 1. The standard InChI is InChI=1S/C18H24FN3O2S/c1-21(2)15(17-6-5-9-25-17)11-20-18(23)22(3)12-13-7-8-16(24-4)14(19)10-13/h5-10,15H,11-12H2,1-4H3,(H,20,23). The predicted octanol–water partition coefficient (Wildman–Crippen LogP) is 3.34. The lowest BCUT2D eigenvalue weighted by Gasteiger charge is -2.25. The maximum absolute atomic E-state index is 13.8. The van der Waals surface area contributed by atoms with Gasteiger partial charge in [0.25, 0.3) is 0 Å².